The van der Waals surface area contributed by atoms with Gasteiger partial charge in [0.25, 0.3) is 0 Å². The van der Waals surface area contributed by atoms with Crippen molar-refractivity contribution in [1.29, 1.82) is 0 Å². The van der Waals surface area contributed by atoms with Crippen LogP contribution in [0.2, 0.25) is 0 Å². The van der Waals surface area contributed by atoms with Crippen LogP contribution in [0.15, 0.2) is 0 Å². The van der Waals surface area contributed by atoms with Gasteiger partial charge in [-0.25, -0.2) is 0 Å². The Morgan fingerprint density at radius 3 is 2.27 bits per heavy atom. The average molecular weight is 286 g/mol. The number of alkyl halides is 1. The molecule has 1 fully saturated rings. The van der Waals surface area contributed by atoms with Gasteiger partial charge >= 0.3 is 0 Å². The van der Waals surface area contributed by atoms with Crippen LogP contribution in [-0.4, -0.2) is 11.1 Å². The molecular weight excluding hydrogens is 272 g/mol. The summed E-state index contributed by atoms with van der Waals surface area (Å²) in [6, 6.07) is 0. The Hall–Kier alpha value is 0.630. The van der Waals surface area contributed by atoms with E-state index in [0.29, 0.717) is 17.0 Å². The molecule has 11 heavy (non-hydrogen) atoms. The van der Waals surface area contributed by atoms with Gasteiger partial charge in [-0.3, -0.25) is 4.79 Å². The lowest BCUT2D eigenvalue weighted by atomic mass is 9.87. The third kappa shape index (κ3) is 3.70. The third-order valence-electron chi connectivity index (χ3n) is 2.19. The van der Waals surface area contributed by atoms with Crippen LogP contribution >= 0.6 is 32.9 Å². The van der Waals surface area contributed by atoms with Crippen molar-refractivity contribution in [3.8, 4) is 0 Å². The normalized spacial score (nSPS) is 19.0. The van der Waals surface area contributed by atoms with Crippen molar-refractivity contribution in [3.05, 3.63) is 0 Å². The van der Waals surface area contributed by atoms with Crippen LogP contribution in [0.3, 0.4) is 0 Å². The topological polar surface area (TPSA) is 17.1 Å². The predicted molar refractivity (Wildman–Crippen MR) is 55.7 cm³/mol. The highest BCUT2D eigenvalue weighted by Gasteiger charge is 2.19. The predicted octanol–water partition coefficient (Wildman–Crippen LogP) is 3.11. The lowest BCUT2D eigenvalue weighted by molar-refractivity contribution is -0.121. The second-order valence-corrected chi connectivity index (χ2v) is 3.50. The van der Waals surface area contributed by atoms with Gasteiger partial charge in [0, 0.05) is 5.92 Å². The van der Waals surface area contributed by atoms with E-state index >= 15 is 0 Å². The zero-order chi connectivity index (χ0) is 7.40. The number of halogens is 2. The fourth-order valence-corrected chi connectivity index (χ4v) is 1.99. The maximum absolute atomic E-state index is 11.1. The van der Waals surface area contributed by atoms with E-state index in [9.17, 15) is 4.79 Å². The van der Waals surface area contributed by atoms with Crippen LogP contribution < -0.4 is 0 Å². The zero-order valence-electron chi connectivity index (χ0n) is 6.51. The molecule has 0 aromatic rings. The third-order valence-corrected chi connectivity index (χ3v) is 2.74. The highest BCUT2D eigenvalue weighted by atomic mass is 79.9. The molecule has 1 aliphatic rings. The Balaban J connectivity index is 0.000001000. The molecule has 1 rings (SSSR count). The first-order valence-corrected chi connectivity index (χ1v) is 5.05. The van der Waals surface area contributed by atoms with Crippen LogP contribution in [0.5, 0.6) is 0 Å². The van der Waals surface area contributed by atoms with Crippen LogP contribution in [0.1, 0.15) is 32.1 Å². The minimum Gasteiger partial charge on any atom is -0.298 e. The first-order valence-electron chi connectivity index (χ1n) is 3.93. The second-order valence-electron chi connectivity index (χ2n) is 2.93. The molecule has 0 saturated heterocycles. The van der Waals surface area contributed by atoms with Crippen molar-refractivity contribution >= 4 is 38.7 Å². The molecule has 0 aliphatic heterocycles. The molecule has 0 spiro atoms. The Labute approximate surface area is 86.8 Å². The number of rotatable bonds is 2. The van der Waals surface area contributed by atoms with E-state index in [1.165, 1.54) is 19.3 Å². The lowest BCUT2D eigenvalue weighted by Crippen LogP contribution is -2.18. The Morgan fingerprint density at radius 2 is 1.82 bits per heavy atom. The highest BCUT2D eigenvalue weighted by Crippen LogP contribution is 2.24. The lowest BCUT2D eigenvalue weighted by Gasteiger charge is -2.18. The summed E-state index contributed by atoms with van der Waals surface area (Å²) in [7, 11) is 0. The standard InChI is InChI=1S/C8H13BrO.BrH/c9-6-8(10)7-4-2-1-3-5-7;/h7H,1-6H2;1H. The first-order chi connectivity index (χ1) is 4.84. The molecule has 0 atom stereocenters. The molecular formula is C8H14Br2O. The largest absolute Gasteiger partial charge is 0.298 e. The Bertz CT molecular complexity index is 119. The van der Waals surface area contributed by atoms with Gasteiger partial charge in [-0.05, 0) is 12.8 Å². The smallest absolute Gasteiger partial charge is 0.146 e. The summed E-state index contributed by atoms with van der Waals surface area (Å²) in [5.74, 6) is 0.785. The maximum Gasteiger partial charge on any atom is 0.146 e. The number of Topliss-reactive ketones (excluding diaryl/α,β-unsaturated/α-hetero) is 1. The molecule has 0 N–H and O–H groups in total. The summed E-state index contributed by atoms with van der Waals surface area (Å²) in [4.78, 5) is 11.1. The monoisotopic (exact) mass is 284 g/mol. The summed E-state index contributed by atoms with van der Waals surface area (Å²) >= 11 is 3.20. The minimum absolute atomic E-state index is 0. The SMILES string of the molecule is Br.O=C(CBr)C1CCCCC1. The fraction of sp³-hybridized carbons (Fsp3) is 0.875. The summed E-state index contributed by atoms with van der Waals surface area (Å²) in [6.07, 6.45) is 6.09. The van der Waals surface area contributed by atoms with Gasteiger partial charge in [-0.1, -0.05) is 35.2 Å². The molecule has 0 heterocycles. The number of carbonyl (C=O) groups is 1. The molecule has 0 amide bonds. The van der Waals surface area contributed by atoms with E-state index in [1.807, 2.05) is 0 Å². The van der Waals surface area contributed by atoms with E-state index in [1.54, 1.807) is 0 Å². The number of carbonyl (C=O) groups excluding carboxylic acids is 1. The summed E-state index contributed by atoms with van der Waals surface area (Å²) in [5.41, 5.74) is 0. The molecule has 0 aromatic carbocycles. The Kier molecular flexibility index (Phi) is 6.53. The molecule has 0 aromatic heterocycles. The van der Waals surface area contributed by atoms with Crippen molar-refractivity contribution in [1.82, 2.24) is 0 Å². The minimum atomic E-state index is 0. The van der Waals surface area contributed by atoms with Crippen LogP contribution in [0.4, 0.5) is 0 Å². The maximum atomic E-state index is 11.1. The second kappa shape index (κ2) is 6.18. The average Bonchev–Trinajstić information content (AvgIpc) is 2.05. The quantitative estimate of drug-likeness (QED) is 0.713. The number of ketones is 1. The molecule has 3 heteroatoms. The van der Waals surface area contributed by atoms with Crippen molar-refractivity contribution in [2.45, 2.75) is 32.1 Å². The van der Waals surface area contributed by atoms with Gasteiger partial charge in [0.1, 0.15) is 5.78 Å². The molecule has 1 saturated carbocycles. The Morgan fingerprint density at radius 1 is 1.27 bits per heavy atom. The van der Waals surface area contributed by atoms with Gasteiger partial charge in [0.05, 0.1) is 5.33 Å². The van der Waals surface area contributed by atoms with E-state index < -0.39 is 0 Å². The van der Waals surface area contributed by atoms with Crippen molar-refractivity contribution in [2.75, 3.05) is 5.33 Å². The van der Waals surface area contributed by atoms with Crippen LogP contribution in [0.25, 0.3) is 0 Å². The summed E-state index contributed by atoms with van der Waals surface area (Å²) < 4.78 is 0. The fourth-order valence-electron chi connectivity index (χ4n) is 1.53. The molecule has 66 valence electrons. The van der Waals surface area contributed by atoms with Gasteiger partial charge in [-0.2, -0.15) is 0 Å². The van der Waals surface area contributed by atoms with Crippen LogP contribution in [-0.2, 0) is 4.79 Å². The summed E-state index contributed by atoms with van der Waals surface area (Å²) in [6.45, 7) is 0. The molecule has 1 nitrogen and oxygen atoms in total. The molecule has 1 aliphatic carbocycles. The van der Waals surface area contributed by atoms with E-state index in [0.717, 1.165) is 12.8 Å². The van der Waals surface area contributed by atoms with E-state index in [4.69, 9.17) is 0 Å². The van der Waals surface area contributed by atoms with Gasteiger partial charge in [0.2, 0.25) is 0 Å². The van der Waals surface area contributed by atoms with Gasteiger partial charge in [-0.15, -0.1) is 17.0 Å². The van der Waals surface area contributed by atoms with Gasteiger partial charge < -0.3 is 0 Å². The molecule has 0 unspecified atom stereocenters. The van der Waals surface area contributed by atoms with Gasteiger partial charge in [0.15, 0.2) is 0 Å². The van der Waals surface area contributed by atoms with Crippen LogP contribution in [0, 0.1) is 5.92 Å². The van der Waals surface area contributed by atoms with Crippen molar-refractivity contribution in [2.24, 2.45) is 5.92 Å². The van der Waals surface area contributed by atoms with E-state index in [-0.39, 0.29) is 17.0 Å². The molecule has 0 radical (unpaired) electrons. The van der Waals surface area contributed by atoms with Crippen molar-refractivity contribution < 1.29 is 4.79 Å². The zero-order valence-corrected chi connectivity index (χ0v) is 9.81. The number of hydrogen-bond acceptors (Lipinski definition) is 1. The number of hydrogen-bond donors (Lipinski definition) is 0. The highest BCUT2D eigenvalue weighted by molar-refractivity contribution is 9.09. The first kappa shape index (κ1) is 11.6. The summed E-state index contributed by atoms with van der Waals surface area (Å²) in [5, 5.41) is 0.553. The molecule has 0 bridgehead atoms. The van der Waals surface area contributed by atoms with E-state index in [2.05, 4.69) is 15.9 Å². The van der Waals surface area contributed by atoms with Crippen molar-refractivity contribution in [3.63, 3.8) is 0 Å².